The Balaban J connectivity index is 2.34. The van der Waals surface area contributed by atoms with Gasteiger partial charge in [0.15, 0.2) is 5.84 Å². The van der Waals surface area contributed by atoms with E-state index in [-0.39, 0.29) is 0 Å². The monoisotopic (exact) mass is 212 g/mol. The minimum absolute atomic E-state index is 0.548. The van der Waals surface area contributed by atoms with Crippen molar-refractivity contribution >= 4 is 11.5 Å². The van der Waals surface area contributed by atoms with Crippen LogP contribution in [0.15, 0.2) is 59.7 Å². The minimum Gasteiger partial charge on any atom is -0.307 e. The van der Waals surface area contributed by atoms with Gasteiger partial charge in [-0.3, -0.25) is 4.98 Å². The number of hydrazine groups is 1. The largest absolute Gasteiger partial charge is 0.307 e. The predicted octanol–water partition coefficient (Wildman–Crippen LogP) is 1.62. The molecule has 0 saturated carbocycles. The molecule has 2 aromatic rings. The number of aromatic nitrogens is 1. The molecular weight excluding hydrogens is 200 g/mol. The van der Waals surface area contributed by atoms with Crippen LogP contribution in [-0.2, 0) is 0 Å². The normalized spacial score (nSPS) is 11.2. The van der Waals surface area contributed by atoms with E-state index in [1.807, 2.05) is 48.5 Å². The lowest BCUT2D eigenvalue weighted by atomic mass is 10.3. The predicted molar refractivity (Wildman–Crippen MR) is 64.2 cm³/mol. The standard InChI is InChI=1S/C12H12N4/c13-16-12(11-8-4-5-9-14-11)15-10-6-2-1-3-7-10/h1-9H,13H2,(H,15,16). The molecule has 0 saturated heterocycles. The van der Waals surface area contributed by atoms with E-state index in [9.17, 15) is 0 Å². The van der Waals surface area contributed by atoms with Crippen LogP contribution < -0.4 is 11.3 Å². The molecule has 0 aliphatic rings. The summed E-state index contributed by atoms with van der Waals surface area (Å²) in [5.41, 5.74) is 4.11. The molecule has 4 heteroatoms. The lowest BCUT2D eigenvalue weighted by molar-refractivity contribution is 1.01. The Bertz CT molecular complexity index is 465. The van der Waals surface area contributed by atoms with E-state index in [1.165, 1.54) is 0 Å². The smallest absolute Gasteiger partial charge is 0.166 e. The van der Waals surface area contributed by atoms with E-state index in [1.54, 1.807) is 6.20 Å². The molecule has 4 nitrogen and oxygen atoms in total. The minimum atomic E-state index is 0.548. The molecule has 2 rings (SSSR count). The van der Waals surface area contributed by atoms with Gasteiger partial charge < -0.3 is 5.43 Å². The third-order valence-corrected chi connectivity index (χ3v) is 2.04. The molecule has 0 aliphatic heterocycles. The van der Waals surface area contributed by atoms with Crippen molar-refractivity contribution in [2.24, 2.45) is 10.8 Å². The van der Waals surface area contributed by atoms with E-state index < -0.39 is 0 Å². The molecular formula is C12H12N4. The number of aliphatic imine (C=N–C) groups is 1. The summed E-state index contributed by atoms with van der Waals surface area (Å²) in [6.45, 7) is 0. The van der Waals surface area contributed by atoms with Crippen molar-refractivity contribution in [1.29, 1.82) is 0 Å². The van der Waals surface area contributed by atoms with Crippen LogP contribution in [-0.4, -0.2) is 10.8 Å². The number of hydrogen-bond acceptors (Lipinski definition) is 3. The van der Waals surface area contributed by atoms with Crippen LogP contribution in [0.1, 0.15) is 5.69 Å². The second-order valence-corrected chi connectivity index (χ2v) is 3.16. The number of nitrogens with zero attached hydrogens (tertiary/aromatic N) is 2. The summed E-state index contributed by atoms with van der Waals surface area (Å²) < 4.78 is 0. The maximum absolute atomic E-state index is 5.43. The molecule has 0 unspecified atom stereocenters. The van der Waals surface area contributed by atoms with Crippen molar-refractivity contribution in [2.45, 2.75) is 0 Å². The lowest BCUT2D eigenvalue weighted by Gasteiger charge is -2.04. The molecule has 0 radical (unpaired) electrons. The number of nitrogens with two attached hydrogens (primary N) is 1. The van der Waals surface area contributed by atoms with E-state index in [2.05, 4.69) is 15.4 Å². The number of amidine groups is 1. The molecule has 3 N–H and O–H groups in total. The highest BCUT2D eigenvalue weighted by atomic mass is 15.3. The first-order valence-corrected chi connectivity index (χ1v) is 4.92. The molecule has 0 bridgehead atoms. The molecule has 1 aromatic heterocycles. The van der Waals surface area contributed by atoms with Crippen molar-refractivity contribution in [3.05, 3.63) is 60.4 Å². The van der Waals surface area contributed by atoms with E-state index >= 15 is 0 Å². The molecule has 0 aliphatic carbocycles. The van der Waals surface area contributed by atoms with Crippen LogP contribution >= 0.6 is 0 Å². The second kappa shape index (κ2) is 5.04. The van der Waals surface area contributed by atoms with Gasteiger partial charge in [0, 0.05) is 6.20 Å². The molecule has 1 aromatic carbocycles. The summed E-state index contributed by atoms with van der Waals surface area (Å²) in [7, 11) is 0. The first kappa shape index (κ1) is 10.3. The van der Waals surface area contributed by atoms with Crippen LogP contribution in [0.3, 0.4) is 0 Å². The van der Waals surface area contributed by atoms with Gasteiger partial charge in [0.2, 0.25) is 0 Å². The number of para-hydroxylation sites is 1. The van der Waals surface area contributed by atoms with Gasteiger partial charge in [0.1, 0.15) is 5.69 Å². The van der Waals surface area contributed by atoms with Crippen LogP contribution in [0, 0.1) is 0 Å². The van der Waals surface area contributed by atoms with Gasteiger partial charge in [-0.25, -0.2) is 10.8 Å². The van der Waals surface area contributed by atoms with E-state index in [4.69, 9.17) is 5.84 Å². The highest BCUT2D eigenvalue weighted by Gasteiger charge is 2.01. The number of pyridine rings is 1. The molecule has 80 valence electrons. The Morgan fingerprint density at radius 2 is 1.81 bits per heavy atom. The van der Waals surface area contributed by atoms with Gasteiger partial charge in [-0.05, 0) is 24.3 Å². The SMILES string of the molecule is NNC(=Nc1ccccc1)c1ccccn1. The first-order valence-electron chi connectivity index (χ1n) is 4.92. The highest BCUT2D eigenvalue weighted by Crippen LogP contribution is 2.10. The lowest BCUT2D eigenvalue weighted by Crippen LogP contribution is -2.31. The van der Waals surface area contributed by atoms with Crippen molar-refractivity contribution in [1.82, 2.24) is 10.4 Å². The number of rotatable bonds is 2. The molecule has 0 amide bonds. The van der Waals surface area contributed by atoms with Crippen LogP contribution in [0.2, 0.25) is 0 Å². The Morgan fingerprint density at radius 3 is 2.44 bits per heavy atom. The summed E-state index contributed by atoms with van der Waals surface area (Å²) >= 11 is 0. The van der Waals surface area contributed by atoms with Crippen LogP contribution in [0.4, 0.5) is 5.69 Å². The Hall–Kier alpha value is -2.20. The first-order chi connectivity index (χ1) is 7.90. The maximum Gasteiger partial charge on any atom is 0.166 e. The fourth-order valence-corrected chi connectivity index (χ4v) is 1.30. The quantitative estimate of drug-likeness (QED) is 0.344. The Kier molecular flexibility index (Phi) is 3.25. The average molecular weight is 212 g/mol. The van der Waals surface area contributed by atoms with Crippen molar-refractivity contribution in [3.8, 4) is 0 Å². The van der Waals surface area contributed by atoms with Gasteiger partial charge >= 0.3 is 0 Å². The molecule has 0 spiro atoms. The summed E-state index contributed by atoms with van der Waals surface area (Å²) in [5.74, 6) is 5.98. The van der Waals surface area contributed by atoms with Gasteiger partial charge in [0.05, 0.1) is 5.69 Å². The molecule has 1 heterocycles. The number of nitrogens with one attached hydrogen (secondary N) is 1. The van der Waals surface area contributed by atoms with Crippen molar-refractivity contribution < 1.29 is 0 Å². The topological polar surface area (TPSA) is 63.3 Å². The zero-order chi connectivity index (χ0) is 11.2. The zero-order valence-electron chi connectivity index (χ0n) is 8.67. The fourth-order valence-electron chi connectivity index (χ4n) is 1.30. The second-order valence-electron chi connectivity index (χ2n) is 3.16. The average Bonchev–Trinajstić information content (AvgIpc) is 2.38. The summed E-state index contributed by atoms with van der Waals surface area (Å²) in [5, 5.41) is 0. The molecule has 0 fully saturated rings. The van der Waals surface area contributed by atoms with Gasteiger partial charge in [-0.1, -0.05) is 24.3 Å². The Labute approximate surface area is 93.8 Å². The summed E-state index contributed by atoms with van der Waals surface area (Å²) in [6, 6.07) is 15.2. The van der Waals surface area contributed by atoms with Gasteiger partial charge in [0.25, 0.3) is 0 Å². The zero-order valence-corrected chi connectivity index (χ0v) is 8.67. The molecule has 16 heavy (non-hydrogen) atoms. The highest BCUT2D eigenvalue weighted by molar-refractivity contribution is 5.98. The maximum atomic E-state index is 5.43. The number of hydrogen-bond donors (Lipinski definition) is 2. The third kappa shape index (κ3) is 2.43. The van der Waals surface area contributed by atoms with E-state index in [0.717, 1.165) is 5.69 Å². The van der Waals surface area contributed by atoms with Crippen molar-refractivity contribution in [2.75, 3.05) is 0 Å². The van der Waals surface area contributed by atoms with Gasteiger partial charge in [-0.2, -0.15) is 0 Å². The Morgan fingerprint density at radius 1 is 1.06 bits per heavy atom. The van der Waals surface area contributed by atoms with E-state index in [0.29, 0.717) is 11.5 Å². The summed E-state index contributed by atoms with van der Waals surface area (Å²) in [6.07, 6.45) is 1.70. The van der Waals surface area contributed by atoms with Crippen LogP contribution in [0.25, 0.3) is 0 Å². The number of benzene rings is 1. The molecule has 0 atom stereocenters. The van der Waals surface area contributed by atoms with Gasteiger partial charge in [-0.15, -0.1) is 0 Å². The third-order valence-electron chi connectivity index (χ3n) is 2.04. The fraction of sp³-hybridized carbons (Fsp3) is 0. The van der Waals surface area contributed by atoms with Crippen molar-refractivity contribution in [3.63, 3.8) is 0 Å². The summed E-state index contributed by atoms with van der Waals surface area (Å²) in [4.78, 5) is 8.54. The van der Waals surface area contributed by atoms with Crippen LogP contribution in [0.5, 0.6) is 0 Å².